The van der Waals surface area contributed by atoms with E-state index in [1.807, 2.05) is 48.1 Å². The molecule has 0 bridgehead atoms. The molecule has 0 aliphatic carbocycles. The minimum absolute atomic E-state index is 0.0734. The van der Waals surface area contributed by atoms with Gasteiger partial charge in [-0.3, -0.25) is 4.79 Å². The van der Waals surface area contributed by atoms with Gasteiger partial charge in [-0.15, -0.1) is 11.3 Å². The molecular formula is C19H21BrN2O3S. The van der Waals surface area contributed by atoms with Gasteiger partial charge in [0.25, 0.3) is 5.91 Å². The summed E-state index contributed by atoms with van der Waals surface area (Å²) >= 11 is 5.22. The Kier molecular flexibility index (Phi) is 5.58. The van der Waals surface area contributed by atoms with E-state index in [0.29, 0.717) is 12.2 Å². The molecule has 1 aromatic carbocycles. The second-order valence-corrected chi connectivity index (χ2v) is 8.03. The fourth-order valence-corrected chi connectivity index (χ4v) is 4.55. The lowest BCUT2D eigenvalue weighted by molar-refractivity contribution is 0.0934. The number of amides is 1. The van der Waals surface area contributed by atoms with Crippen molar-refractivity contribution in [2.75, 3.05) is 14.2 Å². The summed E-state index contributed by atoms with van der Waals surface area (Å²) in [5, 5.41) is 5.02. The first-order valence-electron chi connectivity index (χ1n) is 8.22. The van der Waals surface area contributed by atoms with Crippen LogP contribution in [0.3, 0.4) is 0 Å². The molecule has 5 nitrogen and oxygen atoms in total. The molecular weight excluding hydrogens is 416 g/mol. The third-order valence-corrected chi connectivity index (χ3v) is 5.81. The topological polar surface area (TPSA) is 52.5 Å². The molecule has 2 aromatic heterocycles. The van der Waals surface area contributed by atoms with Gasteiger partial charge in [-0.2, -0.15) is 0 Å². The van der Waals surface area contributed by atoms with Crippen LogP contribution >= 0.6 is 27.3 Å². The van der Waals surface area contributed by atoms with Crippen LogP contribution in [0.4, 0.5) is 0 Å². The smallest absolute Gasteiger partial charge is 0.268 e. The number of ether oxygens (including phenoxy) is 2. The predicted molar refractivity (Wildman–Crippen MR) is 109 cm³/mol. The van der Waals surface area contributed by atoms with Gasteiger partial charge in [0, 0.05) is 24.0 Å². The molecule has 0 aliphatic rings. The number of rotatable bonds is 6. The molecule has 1 N–H and O–H groups in total. The van der Waals surface area contributed by atoms with Crippen molar-refractivity contribution in [3.05, 3.63) is 45.4 Å². The third-order valence-electron chi connectivity index (χ3n) is 3.98. The van der Waals surface area contributed by atoms with Crippen molar-refractivity contribution < 1.29 is 14.3 Å². The molecule has 0 spiro atoms. The summed E-state index contributed by atoms with van der Waals surface area (Å²) in [6, 6.07) is 7.77. The summed E-state index contributed by atoms with van der Waals surface area (Å²) in [5.74, 6) is 1.37. The highest BCUT2D eigenvalue weighted by molar-refractivity contribution is 9.10. The number of methoxy groups -OCH3 is 2. The molecule has 0 saturated carbocycles. The van der Waals surface area contributed by atoms with E-state index in [2.05, 4.69) is 21.2 Å². The predicted octanol–water partition coefficient (Wildman–Crippen LogP) is 4.67. The van der Waals surface area contributed by atoms with Crippen molar-refractivity contribution in [1.82, 2.24) is 9.88 Å². The summed E-state index contributed by atoms with van der Waals surface area (Å²) in [7, 11) is 3.26. The van der Waals surface area contributed by atoms with E-state index in [1.165, 1.54) is 0 Å². The third kappa shape index (κ3) is 3.73. The summed E-state index contributed by atoms with van der Waals surface area (Å²) in [6.07, 6.45) is 0. The molecule has 7 heteroatoms. The number of nitrogens with zero attached hydrogens (tertiary/aromatic N) is 1. The SMILES string of the molecule is COc1cc(Cn2c(C(=O)NC(C)C)cc3scc(Br)c32)cc(OC)c1. The zero-order chi connectivity index (χ0) is 18.8. The maximum absolute atomic E-state index is 12.7. The average Bonchev–Trinajstić information content (AvgIpc) is 3.14. The van der Waals surface area contributed by atoms with Crippen LogP contribution in [0, 0.1) is 0 Å². The number of aromatic nitrogens is 1. The van der Waals surface area contributed by atoms with Crippen molar-refractivity contribution >= 4 is 43.4 Å². The van der Waals surface area contributed by atoms with Crippen LogP contribution < -0.4 is 14.8 Å². The van der Waals surface area contributed by atoms with E-state index < -0.39 is 0 Å². The highest BCUT2D eigenvalue weighted by atomic mass is 79.9. The first-order valence-corrected chi connectivity index (χ1v) is 9.89. The van der Waals surface area contributed by atoms with Crippen molar-refractivity contribution in [2.24, 2.45) is 0 Å². The minimum atomic E-state index is -0.0786. The van der Waals surface area contributed by atoms with E-state index in [0.717, 1.165) is 31.8 Å². The van der Waals surface area contributed by atoms with Crippen LogP contribution in [-0.2, 0) is 6.54 Å². The van der Waals surface area contributed by atoms with Gasteiger partial charge in [0.1, 0.15) is 17.2 Å². The van der Waals surface area contributed by atoms with Gasteiger partial charge in [-0.25, -0.2) is 0 Å². The quantitative estimate of drug-likeness (QED) is 0.610. The van der Waals surface area contributed by atoms with E-state index in [1.54, 1.807) is 25.6 Å². The number of fused-ring (bicyclic) bond motifs is 1. The number of thiophene rings is 1. The van der Waals surface area contributed by atoms with Gasteiger partial charge < -0.3 is 19.4 Å². The summed E-state index contributed by atoms with van der Waals surface area (Å²) in [5.41, 5.74) is 2.66. The van der Waals surface area contributed by atoms with Crippen LogP contribution in [0.25, 0.3) is 10.2 Å². The highest BCUT2D eigenvalue weighted by Crippen LogP contribution is 2.34. The normalized spacial score (nSPS) is 11.2. The monoisotopic (exact) mass is 436 g/mol. The Morgan fingerprint density at radius 1 is 1.19 bits per heavy atom. The molecule has 138 valence electrons. The van der Waals surface area contributed by atoms with E-state index in [4.69, 9.17) is 9.47 Å². The van der Waals surface area contributed by atoms with Crippen LogP contribution in [0.15, 0.2) is 34.1 Å². The molecule has 0 unspecified atom stereocenters. The molecule has 1 amide bonds. The second kappa shape index (κ2) is 7.72. The van der Waals surface area contributed by atoms with Gasteiger partial charge >= 0.3 is 0 Å². The van der Waals surface area contributed by atoms with Crippen molar-refractivity contribution in [1.29, 1.82) is 0 Å². The number of halogens is 1. The van der Waals surface area contributed by atoms with Crippen molar-refractivity contribution in [2.45, 2.75) is 26.4 Å². The average molecular weight is 437 g/mol. The van der Waals surface area contributed by atoms with Gasteiger partial charge in [0.15, 0.2) is 0 Å². The lowest BCUT2D eigenvalue weighted by atomic mass is 10.2. The van der Waals surface area contributed by atoms with Crippen LogP contribution in [-0.4, -0.2) is 30.7 Å². The van der Waals surface area contributed by atoms with Crippen LogP contribution in [0.5, 0.6) is 11.5 Å². The standard InChI is InChI=1S/C19H21BrN2O3S/c1-11(2)21-19(23)16-8-17-18(15(20)10-26-17)22(16)9-12-5-13(24-3)7-14(6-12)25-4/h5-8,10-11H,9H2,1-4H3,(H,21,23). The Morgan fingerprint density at radius 2 is 1.85 bits per heavy atom. The van der Waals surface area contributed by atoms with Crippen molar-refractivity contribution in [3.63, 3.8) is 0 Å². The van der Waals surface area contributed by atoms with Crippen LogP contribution in [0.2, 0.25) is 0 Å². The number of carbonyl (C=O) groups excluding carboxylic acids is 1. The molecule has 0 atom stereocenters. The maximum atomic E-state index is 12.7. The number of hydrogen-bond donors (Lipinski definition) is 1. The summed E-state index contributed by atoms with van der Waals surface area (Å²) in [6.45, 7) is 4.44. The summed E-state index contributed by atoms with van der Waals surface area (Å²) < 4.78 is 14.8. The number of carbonyl (C=O) groups is 1. The Hall–Kier alpha value is -1.99. The summed E-state index contributed by atoms with van der Waals surface area (Å²) in [4.78, 5) is 12.7. The lowest BCUT2D eigenvalue weighted by Crippen LogP contribution is -2.31. The van der Waals surface area contributed by atoms with Gasteiger partial charge in [-0.05, 0) is 53.5 Å². The van der Waals surface area contributed by atoms with Gasteiger partial charge in [-0.1, -0.05) is 0 Å². The Bertz CT molecular complexity index is 924. The molecule has 2 heterocycles. The number of benzene rings is 1. The largest absolute Gasteiger partial charge is 0.497 e. The van der Waals surface area contributed by atoms with E-state index in [9.17, 15) is 4.79 Å². The molecule has 3 aromatic rings. The molecule has 0 saturated heterocycles. The van der Waals surface area contributed by atoms with Gasteiger partial charge in [0.05, 0.1) is 28.9 Å². The number of nitrogens with one attached hydrogen (secondary N) is 1. The zero-order valence-corrected chi connectivity index (χ0v) is 17.5. The molecule has 0 radical (unpaired) electrons. The van der Waals surface area contributed by atoms with Crippen molar-refractivity contribution in [3.8, 4) is 11.5 Å². The minimum Gasteiger partial charge on any atom is -0.497 e. The van der Waals surface area contributed by atoms with Crippen LogP contribution in [0.1, 0.15) is 29.9 Å². The molecule has 26 heavy (non-hydrogen) atoms. The molecule has 3 rings (SSSR count). The van der Waals surface area contributed by atoms with Gasteiger partial charge in [0.2, 0.25) is 0 Å². The maximum Gasteiger partial charge on any atom is 0.268 e. The first-order chi connectivity index (χ1) is 12.4. The lowest BCUT2D eigenvalue weighted by Gasteiger charge is -2.14. The van der Waals surface area contributed by atoms with E-state index >= 15 is 0 Å². The highest BCUT2D eigenvalue weighted by Gasteiger charge is 2.20. The first kappa shape index (κ1) is 18.8. The molecule has 0 fully saturated rings. The Balaban J connectivity index is 2.08. The zero-order valence-electron chi connectivity index (χ0n) is 15.1. The molecule has 0 aliphatic heterocycles. The fourth-order valence-electron chi connectivity index (χ4n) is 2.86. The Labute approximate surface area is 165 Å². The number of hydrogen-bond acceptors (Lipinski definition) is 4. The second-order valence-electron chi connectivity index (χ2n) is 6.26. The van der Waals surface area contributed by atoms with E-state index in [-0.39, 0.29) is 11.9 Å². The fraction of sp³-hybridized carbons (Fsp3) is 0.316. The Morgan fingerprint density at radius 3 is 2.42 bits per heavy atom.